The van der Waals surface area contributed by atoms with Gasteiger partial charge in [0.25, 0.3) is 11.8 Å². The van der Waals surface area contributed by atoms with Crippen LogP contribution in [0.1, 0.15) is 10.4 Å². The molecule has 0 saturated carbocycles. The lowest BCUT2D eigenvalue weighted by atomic mass is 10.1. The Hall–Kier alpha value is -2.73. The van der Waals surface area contributed by atoms with E-state index in [0.29, 0.717) is 11.3 Å². The Morgan fingerprint density at radius 2 is 1.91 bits per heavy atom. The average Bonchev–Trinajstić information content (AvgIpc) is 2.53. The van der Waals surface area contributed by atoms with Crippen molar-refractivity contribution in [2.24, 2.45) is 5.73 Å². The first-order chi connectivity index (χ1) is 11.0. The second-order valence-electron chi connectivity index (χ2n) is 4.56. The highest BCUT2D eigenvalue weighted by Gasteiger charge is 2.16. The van der Waals surface area contributed by atoms with Crippen LogP contribution in [0.4, 0.5) is 5.69 Å². The van der Waals surface area contributed by atoms with E-state index in [2.05, 4.69) is 5.32 Å². The number of methoxy groups -OCH3 is 1. The quantitative estimate of drug-likeness (QED) is 0.849. The lowest BCUT2D eigenvalue weighted by Gasteiger charge is -2.13. The Labute approximate surface area is 138 Å². The van der Waals surface area contributed by atoms with Gasteiger partial charge in [0.1, 0.15) is 0 Å². The number of nitrogens with one attached hydrogen (secondary N) is 1. The first-order valence-electron chi connectivity index (χ1n) is 6.66. The number of hydrogen-bond donors (Lipinski definition) is 2. The SMILES string of the molecule is COc1cc(C(=O)Nc2ccccc2)cc(Cl)c1OCC(N)=O. The molecule has 2 aromatic carbocycles. The molecule has 0 heterocycles. The molecule has 0 radical (unpaired) electrons. The number of benzene rings is 2. The molecule has 2 rings (SSSR count). The van der Waals surface area contributed by atoms with Crippen LogP contribution in [0, 0.1) is 0 Å². The first kappa shape index (κ1) is 16.6. The van der Waals surface area contributed by atoms with Crippen molar-refractivity contribution < 1.29 is 19.1 Å². The monoisotopic (exact) mass is 334 g/mol. The fraction of sp³-hybridized carbons (Fsp3) is 0.125. The molecule has 0 atom stereocenters. The van der Waals surface area contributed by atoms with Crippen LogP contribution in [0.2, 0.25) is 5.02 Å². The van der Waals surface area contributed by atoms with Gasteiger partial charge >= 0.3 is 0 Å². The number of para-hydroxylation sites is 1. The maximum Gasteiger partial charge on any atom is 0.255 e. The Kier molecular flexibility index (Phi) is 5.43. The topological polar surface area (TPSA) is 90.7 Å². The molecule has 7 heteroatoms. The summed E-state index contributed by atoms with van der Waals surface area (Å²) in [6, 6.07) is 11.9. The second-order valence-corrected chi connectivity index (χ2v) is 4.97. The third-order valence-electron chi connectivity index (χ3n) is 2.88. The van der Waals surface area contributed by atoms with Gasteiger partial charge in [-0.25, -0.2) is 0 Å². The van der Waals surface area contributed by atoms with Crippen LogP contribution in [0.5, 0.6) is 11.5 Å². The Morgan fingerprint density at radius 1 is 1.22 bits per heavy atom. The predicted octanol–water partition coefficient (Wildman–Crippen LogP) is 2.46. The number of halogens is 1. The van der Waals surface area contributed by atoms with Crippen LogP contribution in [0.3, 0.4) is 0 Å². The van der Waals surface area contributed by atoms with Gasteiger partial charge in [-0.05, 0) is 24.3 Å². The number of ether oxygens (including phenoxy) is 2. The van der Waals surface area contributed by atoms with E-state index in [-0.39, 0.29) is 29.0 Å². The molecule has 0 spiro atoms. The number of hydrogen-bond acceptors (Lipinski definition) is 4. The lowest BCUT2D eigenvalue weighted by molar-refractivity contribution is -0.119. The highest BCUT2D eigenvalue weighted by molar-refractivity contribution is 6.32. The molecule has 0 unspecified atom stereocenters. The normalized spacial score (nSPS) is 10.0. The summed E-state index contributed by atoms with van der Waals surface area (Å²) in [5.74, 6) is -0.604. The van der Waals surface area contributed by atoms with Gasteiger partial charge in [0, 0.05) is 11.3 Å². The highest BCUT2D eigenvalue weighted by Crippen LogP contribution is 2.36. The van der Waals surface area contributed by atoms with Crippen LogP contribution in [-0.4, -0.2) is 25.5 Å². The number of rotatable bonds is 6. The fourth-order valence-electron chi connectivity index (χ4n) is 1.86. The average molecular weight is 335 g/mol. The Bertz CT molecular complexity index is 720. The third-order valence-corrected chi connectivity index (χ3v) is 3.16. The smallest absolute Gasteiger partial charge is 0.255 e. The number of amides is 2. The van der Waals surface area contributed by atoms with E-state index in [1.54, 1.807) is 12.1 Å². The standard InChI is InChI=1S/C16H15ClN2O4/c1-22-13-8-10(7-12(17)15(13)23-9-14(18)20)16(21)19-11-5-3-2-4-6-11/h2-8H,9H2,1H3,(H2,18,20)(H,19,21). The minimum absolute atomic E-state index is 0.142. The van der Waals surface area contributed by atoms with Crippen LogP contribution in [-0.2, 0) is 4.79 Å². The molecule has 0 saturated heterocycles. The van der Waals surface area contributed by atoms with Gasteiger partial charge in [0.15, 0.2) is 18.1 Å². The molecule has 0 aliphatic heterocycles. The van der Waals surface area contributed by atoms with Crippen molar-refractivity contribution >= 4 is 29.1 Å². The minimum atomic E-state index is -0.644. The molecular weight excluding hydrogens is 320 g/mol. The molecule has 0 fully saturated rings. The summed E-state index contributed by atoms with van der Waals surface area (Å²) in [6.07, 6.45) is 0. The zero-order valence-corrected chi connectivity index (χ0v) is 13.1. The second kappa shape index (κ2) is 7.51. The summed E-state index contributed by atoms with van der Waals surface area (Å²) >= 11 is 6.11. The molecule has 0 aliphatic carbocycles. The maximum atomic E-state index is 12.3. The van der Waals surface area contributed by atoms with Crippen LogP contribution in [0.25, 0.3) is 0 Å². The first-order valence-corrected chi connectivity index (χ1v) is 7.04. The number of carbonyl (C=O) groups excluding carboxylic acids is 2. The summed E-state index contributed by atoms with van der Waals surface area (Å²) < 4.78 is 10.4. The van der Waals surface area contributed by atoms with Gasteiger partial charge in [-0.15, -0.1) is 0 Å². The lowest BCUT2D eigenvalue weighted by Crippen LogP contribution is -2.20. The molecule has 2 aromatic rings. The van der Waals surface area contributed by atoms with Crippen molar-refractivity contribution in [3.63, 3.8) is 0 Å². The van der Waals surface area contributed by atoms with Crippen molar-refractivity contribution in [3.8, 4) is 11.5 Å². The molecule has 2 amide bonds. The van der Waals surface area contributed by atoms with Gasteiger partial charge in [0.2, 0.25) is 0 Å². The predicted molar refractivity (Wildman–Crippen MR) is 87.1 cm³/mol. The molecule has 6 nitrogen and oxygen atoms in total. The van der Waals surface area contributed by atoms with Gasteiger partial charge < -0.3 is 20.5 Å². The van der Waals surface area contributed by atoms with E-state index < -0.39 is 5.91 Å². The van der Waals surface area contributed by atoms with Gasteiger partial charge in [-0.1, -0.05) is 29.8 Å². The van der Waals surface area contributed by atoms with Crippen molar-refractivity contribution in [1.29, 1.82) is 0 Å². The molecule has 0 aromatic heterocycles. The Morgan fingerprint density at radius 3 is 2.52 bits per heavy atom. The van der Waals surface area contributed by atoms with Crippen molar-refractivity contribution in [2.45, 2.75) is 0 Å². The summed E-state index contributed by atoms with van der Waals surface area (Å²) in [7, 11) is 1.40. The van der Waals surface area contributed by atoms with Crippen LogP contribution in [0.15, 0.2) is 42.5 Å². The van der Waals surface area contributed by atoms with E-state index >= 15 is 0 Å². The third kappa shape index (κ3) is 4.37. The molecule has 120 valence electrons. The van der Waals surface area contributed by atoms with Gasteiger partial charge in [-0.2, -0.15) is 0 Å². The van der Waals surface area contributed by atoms with Crippen molar-refractivity contribution in [2.75, 3.05) is 19.0 Å². The largest absolute Gasteiger partial charge is 0.493 e. The Balaban J connectivity index is 2.24. The molecule has 23 heavy (non-hydrogen) atoms. The van der Waals surface area contributed by atoms with Gasteiger partial charge in [0.05, 0.1) is 12.1 Å². The molecule has 0 aliphatic rings. The van der Waals surface area contributed by atoms with E-state index in [0.717, 1.165) is 0 Å². The van der Waals surface area contributed by atoms with E-state index in [4.69, 9.17) is 26.8 Å². The summed E-state index contributed by atoms with van der Waals surface area (Å²) in [5, 5.41) is 2.88. The number of carbonyl (C=O) groups is 2. The number of anilines is 1. The van der Waals surface area contributed by atoms with Crippen LogP contribution >= 0.6 is 11.6 Å². The fourth-order valence-corrected chi connectivity index (χ4v) is 2.12. The molecule has 0 bridgehead atoms. The van der Waals surface area contributed by atoms with Crippen LogP contribution < -0.4 is 20.5 Å². The van der Waals surface area contributed by atoms with E-state index in [1.807, 2.05) is 18.2 Å². The van der Waals surface area contributed by atoms with E-state index in [1.165, 1.54) is 19.2 Å². The van der Waals surface area contributed by atoms with Gasteiger partial charge in [-0.3, -0.25) is 9.59 Å². The minimum Gasteiger partial charge on any atom is -0.493 e. The number of primary amides is 1. The molecule has 3 N–H and O–H groups in total. The summed E-state index contributed by atoms with van der Waals surface area (Å²) in [5.41, 5.74) is 5.98. The molecular formula is C16H15ClN2O4. The highest BCUT2D eigenvalue weighted by atomic mass is 35.5. The number of nitrogens with two attached hydrogens (primary N) is 1. The zero-order chi connectivity index (χ0) is 16.8. The van der Waals surface area contributed by atoms with Crippen molar-refractivity contribution in [3.05, 3.63) is 53.1 Å². The summed E-state index contributed by atoms with van der Waals surface area (Å²) in [4.78, 5) is 23.1. The van der Waals surface area contributed by atoms with Crippen molar-refractivity contribution in [1.82, 2.24) is 0 Å². The summed E-state index contributed by atoms with van der Waals surface area (Å²) in [6.45, 7) is -0.342. The zero-order valence-electron chi connectivity index (χ0n) is 12.3. The van der Waals surface area contributed by atoms with E-state index in [9.17, 15) is 9.59 Å². The maximum absolute atomic E-state index is 12.3.